The molecule has 1 unspecified atom stereocenters. The predicted molar refractivity (Wildman–Crippen MR) is 86.8 cm³/mol. The zero-order valence-electron chi connectivity index (χ0n) is 12.2. The van der Waals surface area contributed by atoms with Crippen LogP contribution in [0.4, 0.5) is 16.0 Å². The smallest absolute Gasteiger partial charge is 0.352 e. The SMILES string of the molecule is [O-][S+](c1ccc(F)cc1)c1nc(Nc2cc[nH]n2)c2cc[nH]c2n1. The number of hydrogen-bond donors (Lipinski definition) is 3. The van der Waals surface area contributed by atoms with E-state index in [2.05, 4.69) is 30.5 Å². The highest BCUT2D eigenvalue weighted by atomic mass is 32.2. The number of halogens is 1. The first-order valence-electron chi connectivity index (χ1n) is 7.00. The molecule has 0 aliphatic heterocycles. The quantitative estimate of drug-likeness (QED) is 0.391. The molecule has 0 amide bonds. The zero-order valence-corrected chi connectivity index (χ0v) is 13.0. The van der Waals surface area contributed by atoms with Crippen molar-refractivity contribution >= 4 is 33.8 Å². The molecule has 0 spiro atoms. The van der Waals surface area contributed by atoms with Crippen molar-refractivity contribution in [2.45, 2.75) is 10.1 Å². The summed E-state index contributed by atoms with van der Waals surface area (Å²) < 4.78 is 25.7. The molecular weight excluding hydrogens is 331 g/mol. The lowest BCUT2D eigenvalue weighted by Gasteiger charge is -2.10. The molecule has 0 aliphatic carbocycles. The van der Waals surface area contributed by atoms with Crippen molar-refractivity contribution in [2.24, 2.45) is 0 Å². The molecule has 7 nitrogen and oxygen atoms in total. The third-order valence-electron chi connectivity index (χ3n) is 3.34. The number of fused-ring (bicyclic) bond motifs is 1. The highest BCUT2D eigenvalue weighted by molar-refractivity contribution is 7.91. The molecule has 1 atom stereocenters. The van der Waals surface area contributed by atoms with Crippen molar-refractivity contribution in [1.29, 1.82) is 0 Å². The van der Waals surface area contributed by atoms with Crippen molar-refractivity contribution in [3.05, 3.63) is 54.6 Å². The molecule has 120 valence electrons. The first kappa shape index (κ1) is 14.7. The number of aromatic amines is 2. The minimum Gasteiger partial charge on any atom is -0.604 e. The van der Waals surface area contributed by atoms with Gasteiger partial charge in [0.2, 0.25) is 0 Å². The molecule has 0 bridgehead atoms. The Bertz CT molecular complexity index is 969. The lowest BCUT2D eigenvalue weighted by atomic mass is 10.3. The van der Waals surface area contributed by atoms with Crippen LogP contribution in [-0.2, 0) is 11.2 Å². The third kappa shape index (κ3) is 2.70. The van der Waals surface area contributed by atoms with E-state index in [1.165, 1.54) is 24.3 Å². The Labute approximate surface area is 138 Å². The number of benzene rings is 1. The van der Waals surface area contributed by atoms with Crippen LogP contribution in [0.15, 0.2) is 58.8 Å². The monoisotopic (exact) mass is 342 g/mol. The second-order valence-electron chi connectivity index (χ2n) is 4.90. The van der Waals surface area contributed by atoms with Crippen LogP contribution < -0.4 is 5.32 Å². The van der Waals surface area contributed by atoms with Crippen LogP contribution >= 0.6 is 0 Å². The van der Waals surface area contributed by atoms with E-state index in [0.717, 1.165) is 5.39 Å². The minimum absolute atomic E-state index is 0.120. The molecule has 1 aromatic carbocycles. The van der Waals surface area contributed by atoms with Crippen LogP contribution in [0.25, 0.3) is 11.0 Å². The van der Waals surface area contributed by atoms with E-state index in [1.807, 2.05) is 6.07 Å². The van der Waals surface area contributed by atoms with Gasteiger partial charge in [-0.2, -0.15) is 15.1 Å². The molecule has 3 heterocycles. The molecule has 0 fully saturated rings. The number of aromatic nitrogens is 5. The van der Waals surface area contributed by atoms with E-state index in [1.54, 1.807) is 18.5 Å². The Morgan fingerprint density at radius 2 is 1.88 bits per heavy atom. The van der Waals surface area contributed by atoms with Crippen LogP contribution in [0, 0.1) is 5.82 Å². The number of rotatable bonds is 4. The Morgan fingerprint density at radius 1 is 1.04 bits per heavy atom. The van der Waals surface area contributed by atoms with Crippen molar-refractivity contribution in [2.75, 3.05) is 5.32 Å². The lowest BCUT2D eigenvalue weighted by molar-refractivity contribution is 0.585. The van der Waals surface area contributed by atoms with Crippen LogP contribution in [0.3, 0.4) is 0 Å². The van der Waals surface area contributed by atoms with E-state index in [9.17, 15) is 8.94 Å². The first-order chi connectivity index (χ1) is 11.7. The molecule has 0 saturated carbocycles. The van der Waals surface area contributed by atoms with Gasteiger partial charge in [-0.15, -0.1) is 0 Å². The average Bonchev–Trinajstić information content (AvgIpc) is 3.26. The molecule has 4 aromatic rings. The number of hydrogen-bond acceptors (Lipinski definition) is 5. The van der Waals surface area contributed by atoms with Crippen LogP contribution in [0.2, 0.25) is 0 Å². The van der Waals surface area contributed by atoms with E-state index in [-0.39, 0.29) is 5.16 Å². The van der Waals surface area contributed by atoms with E-state index < -0.39 is 17.0 Å². The summed E-state index contributed by atoms with van der Waals surface area (Å²) in [5.74, 6) is 0.672. The summed E-state index contributed by atoms with van der Waals surface area (Å²) in [4.78, 5) is 12.1. The van der Waals surface area contributed by atoms with Gasteiger partial charge in [-0.3, -0.25) is 5.10 Å². The van der Waals surface area contributed by atoms with Gasteiger partial charge in [0.15, 0.2) is 10.7 Å². The number of anilines is 2. The van der Waals surface area contributed by atoms with Gasteiger partial charge in [-0.05, 0) is 30.3 Å². The molecule has 3 aromatic heterocycles. The molecule has 3 N–H and O–H groups in total. The fourth-order valence-electron chi connectivity index (χ4n) is 2.21. The standard InChI is InChI=1S/C15H11FN6OS/c16-9-1-3-10(4-2-9)24(23)15-20-13-11(5-7-17-13)14(21-15)19-12-6-8-18-22-12/h1-8H,(H3,17,18,19,20,21,22). The van der Waals surface area contributed by atoms with Crippen molar-refractivity contribution < 1.29 is 8.94 Å². The normalized spacial score (nSPS) is 12.4. The Hall–Kier alpha value is -2.91. The van der Waals surface area contributed by atoms with Crippen LogP contribution in [-0.4, -0.2) is 29.7 Å². The summed E-state index contributed by atoms with van der Waals surface area (Å²) in [7, 11) is 0. The molecule has 4 rings (SSSR count). The molecule has 0 saturated heterocycles. The highest BCUT2D eigenvalue weighted by Crippen LogP contribution is 2.26. The Morgan fingerprint density at radius 3 is 2.62 bits per heavy atom. The van der Waals surface area contributed by atoms with Gasteiger partial charge >= 0.3 is 5.16 Å². The van der Waals surface area contributed by atoms with Crippen molar-refractivity contribution in [1.82, 2.24) is 25.1 Å². The molecule has 9 heteroatoms. The van der Waals surface area contributed by atoms with Gasteiger partial charge in [0.1, 0.15) is 17.3 Å². The van der Waals surface area contributed by atoms with Gasteiger partial charge in [-0.1, -0.05) is 0 Å². The predicted octanol–water partition coefficient (Wildman–Crippen LogP) is 2.73. The second-order valence-corrected chi connectivity index (χ2v) is 6.28. The topological polar surface area (TPSA) is 105 Å². The number of H-pyrrole nitrogens is 2. The van der Waals surface area contributed by atoms with E-state index in [0.29, 0.717) is 22.2 Å². The summed E-state index contributed by atoms with van der Waals surface area (Å²) >= 11 is -1.63. The van der Waals surface area contributed by atoms with Crippen LogP contribution in [0.1, 0.15) is 0 Å². The summed E-state index contributed by atoms with van der Waals surface area (Å²) in [6.45, 7) is 0. The first-order valence-corrected chi connectivity index (χ1v) is 8.15. The number of nitrogens with one attached hydrogen (secondary N) is 3. The highest BCUT2D eigenvalue weighted by Gasteiger charge is 2.22. The summed E-state index contributed by atoms with van der Waals surface area (Å²) in [5.41, 5.74) is 0.550. The van der Waals surface area contributed by atoms with E-state index >= 15 is 0 Å². The van der Waals surface area contributed by atoms with Gasteiger partial charge in [-0.25, -0.2) is 4.39 Å². The maximum absolute atomic E-state index is 13.0. The molecule has 0 radical (unpaired) electrons. The zero-order chi connectivity index (χ0) is 16.5. The summed E-state index contributed by atoms with van der Waals surface area (Å²) in [6, 6.07) is 8.97. The summed E-state index contributed by atoms with van der Waals surface area (Å²) in [5, 5.41) is 10.7. The maximum Gasteiger partial charge on any atom is 0.352 e. The third-order valence-corrected chi connectivity index (χ3v) is 4.55. The molecule has 24 heavy (non-hydrogen) atoms. The maximum atomic E-state index is 13.0. The van der Waals surface area contributed by atoms with Crippen LogP contribution in [0.5, 0.6) is 0 Å². The van der Waals surface area contributed by atoms with Gasteiger partial charge in [0.25, 0.3) is 0 Å². The Kier molecular flexibility index (Phi) is 3.63. The van der Waals surface area contributed by atoms with Crippen molar-refractivity contribution in [3.8, 4) is 0 Å². The fourth-order valence-corrected chi connectivity index (χ4v) is 3.16. The fraction of sp³-hybridized carbons (Fsp3) is 0. The largest absolute Gasteiger partial charge is 0.604 e. The number of nitrogens with zero attached hydrogens (tertiary/aromatic N) is 3. The van der Waals surface area contributed by atoms with E-state index in [4.69, 9.17) is 0 Å². The van der Waals surface area contributed by atoms with Crippen molar-refractivity contribution in [3.63, 3.8) is 0 Å². The lowest BCUT2D eigenvalue weighted by Crippen LogP contribution is -2.09. The minimum atomic E-state index is -1.63. The molecule has 0 aliphatic rings. The van der Waals surface area contributed by atoms with Gasteiger partial charge < -0.3 is 14.9 Å². The summed E-state index contributed by atoms with van der Waals surface area (Å²) in [6.07, 6.45) is 3.40. The van der Waals surface area contributed by atoms with Gasteiger partial charge in [0.05, 0.1) is 16.6 Å². The van der Waals surface area contributed by atoms with Gasteiger partial charge in [0, 0.05) is 18.5 Å². The molecular formula is C15H11FN6OS. The second kappa shape index (κ2) is 5.95. The average molecular weight is 342 g/mol. The Balaban J connectivity index is 1.76.